The highest BCUT2D eigenvalue weighted by molar-refractivity contribution is 5.97. The number of hydrogen-bond acceptors (Lipinski definition) is 5. The Morgan fingerprint density at radius 2 is 1.57 bits per heavy atom. The van der Waals surface area contributed by atoms with Gasteiger partial charge in [0.15, 0.2) is 0 Å². The summed E-state index contributed by atoms with van der Waals surface area (Å²) < 4.78 is 5.06. The number of pyridine rings is 1. The molecule has 3 rings (SSSR count). The zero-order valence-corrected chi connectivity index (χ0v) is 13.2. The van der Waals surface area contributed by atoms with Gasteiger partial charge in [0.25, 0.3) is 11.8 Å². The Balaban J connectivity index is 1.65. The van der Waals surface area contributed by atoms with E-state index < -0.39 is 0 Å². The molecule has 2 aromatic heterocycles. The van der Waals surface area contributed by atoms with Crippen molar-refractivity contribution in [1.29, 1.82) is 0 Å². The summed E-state index contributed by atoms with van der Waals surface area (Å²) in [6, 6.07) is 3.40. The first kappa shape index (κ1) is 15.2. The smallest absolute Gasteiger partial charge is 0.259 e. The SMILES string of the molecule is Cc1noc(C)c1C(=O)N1CCN(C(=O)c2ccncc2)CC1. The van der Waals surface area contributed by atoms with E-state index in [1.54, 1.807) is 48.2 Å². The third-order valence-electron chi connectivity index (χ3n) is 4.03. The Hall–Kier alpha value is -2.70. The van der Waals surface area contributed by atoms with Crippen LogP contribution in [-0.2, 0) is 0 Å². The molecule has 0 bridgehead atoms. The highest BCUT2D eigenvalue weighted by atomic mass is 16.5. The first-order valence-corrected chi connectivity index (χ1v) is 7.49. The van der Waals surface area contributed by atoms with Crippen LogP contribution >= 0.6 is 0 Å². The van der Waals surface area contributed by atoms with Gasteiger partial charge in [0, 0.05) is 44.1 Å². The fraction of sp³-hybridized carbons (Fsp3) is 0.375. The van der Waals surface area contributed by atoms with E-state index in [4.69, 9.17) is 4.52 Å². The Bertz CT molecular complexity index is 699. The van der Waals surface area contributed by atoms with Crippen LogP contribution in [0.2, 0.25) is 0 Å². The van der Waals surface area contributed by atoms with E-state index in [2.05, 4.69) is 10.1 Å². The zero-order chi connectivity index (χ0) is 16.4. The van der Waals surface area contributed by atoms with Crippen LogP contribution in [0.4, 0.5) is 0 Å². The van der Waals surface area contributed by atoms with Gasteiger partial charge in [-0.05, 0) is 26.0 Å². The second kappa shape index (κ2) is 6.20. The van der Waals surface area contributed by atoms with Crippen molar-refractivity contribution < 1.29 is 14.1 Å². The van der Waals surface area contributed by atoms with Crippen molar-refractivity contribution >= 4 is 11.8 Å². The van der Waals surface area contributed by atoms with Crippen molar-refractivity contribution in [1.82, 2.24) is 19.9 Å². The Labute approximate surface area is 133 Å². The molecule has 1 aliphatic rings. The largest absolute Gasteiger partial charge is 0.361 e. The third-order valence-corrected chi connectivity index (χ3v) is 4.03. The van der Waals surface area contributed by atoms with E-state index in [1.165, 1.54) is 0 Å². The van der Waals surface area contributed by atoms with Crippen molar-refractivity contribution in [3.63, 3.8) is 0 Å². The fourth-order valence-electron chi connectivity index (χ4n) is 2.74. The average Bonchev–Trinajstić information content (AvgIpc) is 2.93. The van der Waals surface area contributed by atoms with Crippen LogP contribution in [0.5, 0.6) is 0 Å². The lowest BCUT2D eigenvalue weighted by Gasteiger charge is -2.34. The molecule has 2 aromatic rings. The third kappa shape index (κ3) is 2.94. The van der Waals surface area contributed by atoms with E-state index in [0.29, 0.717) is 48.8 Å². The van der Waals surface area contributed by atoms with Gasteiger partial charge in [-0.25, -0.2) is 0 Å². The second-order valence-electron chi connectivity index (χ2n) is 5.52. The number of rotatable bonds is 2. The average molecular weight is 314 g/mol. The molecule has 2 amide bonds. The highest BCUT2D eigenvalue weighted by Gasteiger charge is 2.28. The summed E-state index contributed by atoms with van der Waals surface area (Å²) in [5.74, 6) is 0.414. The van der Waals surface area contributed by atoms with Gasteiger partial charge in [-0.1, -0.05) is 5.16 Å². The predicted molar refractivity (Wildman–Crippen MR) is 82.0 cm³/mol. The van der Waals surface area contributed by atoms with Crippen LogP contribution in [-0.4, -0.2) is 57.9 Å². The van der Waals surface area contributed by atoms with Crippen LogP contribution in [0, 0.1) is 13.8 Å². The molecule has 23 heavy (non-hydrogen) atoms. The van der Waals surface area contributed by atoms with E-state index in [0.717, 1.165) is 0 Å². The summed E-state index contributed by atoms with van der Waals surface area (Å²) in [6.07, 6.45) is 3.20. The molecule has 0 N–H and O–H groups in total. The number of hydrogen-bond donors (Lipinski definition) is 0. The summed E-state index contributed by atoms with van der Waals surface area (Å²) in [5.41, 5.74) is 1.74. The van der Waals surface area contributed by atoms with Crippen LogP contribution in [0.15, 0.2) is 29.0 Å². The minimum Gasteiger partial charge on any atom is -0.361 e. The normalized spacial score (nSPS) is 14.9. The molecule has 3 heterocycles. The number of carbonyl (C=O) groups is 2. The number of nitrogens with zero attached hydrogens (tertiary/aromatic N) is 4. The van der Waals surface area contributed by atoms with Gasteiger partial charge in [-0.3, -0.25) is 14.6 Å². The number of carbonyl (C=O) groups excluding carboxylic acids is 2. The minimum absolute atomic E-state index is 0.0307. The summed E-state index contributed by atoms with van der Waals surface area (Å²) in [6.45, 7) is 5.51. The molecule has 7 nitrogen and oxygen atoms in total. The number of aromatic nitrogens is 2. The monoisotopic (exact) mass is 314 g/mol. The molecule has 0 unspecified atom stereocenters. The molecule has 0 spiro atoms. The lowest BCUT2D eigenvalue weighted by Crippen LogP contribution is -2.50. The first-order valence-electron chi connectivity index (χ1n) is 7.49. The van der Waals surface area contributed by atoms with E-state index in [-0.39, 0.29) is 11.8 Å². The molecule has 1 saturated heterocycles. The predicted octanol–water partition coefficient (Wildman–Crippen LogP) is 1.28. The minimum atomic E-state index is -0.0859. The number of aryl methyl sites for hydroxylation is 2. The van der Waals surface area contributed by atoms with E-state index in [9.17, 15) is 9.59 Å². The summed E-state index contributed by atoms with van der Waals surface area (Å²) in [4.78, 5) is 32.4. The molecule has 7 heteroatoms. The number of piperazine rings is 1. The molecule has 1 fully saturated rings. The summed E-state index contributed by atoms with van der Waals surface area (Å²) >= 11 is 0. The van der Waals surface area contributed by atoms with Gasteiger partial charge in [-0.2, -0.15) is 0 Å². The van der Waals surface area contributed by atoms with Crippen LogP contribution in [0.1, 0.15) is 32.2 Å². The fourth-order valence-corrected chi connectivity index (χ4v) is 2.74. The van der Waals surface area contributed by atoms with Crippen molar-refractivity contribution in [2.45, 2.75) is 13.8 Å². The van der Waals surface area contributed by atoms with Crippen LogP contribution in [0.3, 0.4) is 0 Å². The molecule has 0 aromatic carbocycles. The lowest BCUT2D eigenvalue weighted by molar-refractivity contribution is 0.0534. The molecule has 0 atom stereocenters. The Morgan fingerprint density at radius 3 is 2.09 bits per heavy atom. The topological polar surface area (TPSA) is 79.5 Å². The standard InChI is InChI=1S/C16H18N4O3/c1-11-14(12(2)23-18-11)16(22)20-9-7-19(8-10-20)15(21)13-3-5-17-6-4-13/h3-6H,7-10H2,1-2H3. The van der Waals surface area contributed by atoms with Crippen molar-refractivity contribution in [2.75, 3.05) is 26.2 Å². The molecular weight excluding hydrogens is 296 g/mol. The lowest BCUT2D eigenvalue weighted by atomic mass is 10.1. The Morgan fingerprint density at radius 1 is 1.00 bits per heavy atom. The second-order valence-corrected chi connectivity index (χ2v) is 5.52. The first-order chi connectivity index (χ1) is 11.1. The van der Waals surface area contributed by atoms with Gasteiger partial charge in [0.2, 0.25) is 0 Å². The molecule has 120 valence electrons. The van der Waals surface area contributed by atoms with Gasteiger partial charge < -0.3 is 14.3 Å². The number of amides is 2. The molecule has 0 radical (unpaired) electrons. The quantitative estimate of drug-likeness (QED) is 0.834. The maximum atomic E-state index is 12.6. The molecule has 0 saturated carbocycles. The van der Waals surface area contributed by atoms with Gasteiger partial charge in [0.1, 0.15) is 11.3 Å². The highest BCUT2D eigenvalue weighted by Crippen LogP contribution is 2.17. The van der Waals surface area contributed by atoms with Crippen molar-refractivity contribution in [3.8, 4) is 0 Å². The van der Waals surface area contributed by atoms with Crippen molar-refractivity contribution in [2.24, 2.45) is 0 Å². The maximum Gasteiger partial charge on any atom is 0.259 e. The van der Waals surface area contributed by atoms with Gasteiger partial charge in [0.05, 0.1) is 5.69 Å². The molecule has 0 aliphatic carbocycles. The van der Waals surface area contributed by atoms with Crippen LogP contribution < -0.4 is 0 Å². The van der Waals surface area contributed by atoms with E-state index in [1.807, 2.05) is 0 Å². The zero-order valence-electron chi connectivity index (χ0n) is 13.2. The summed E-state index contributed by atoms with van der Waals surface area (Å²) in [5, 5.41) is 3.82. The Kier molecular flexibility index (Phi) is 4.10. The molecule has 1 aliphatic heterocycles. The maximum absolute atomic E-state index is 12.6. The van der Waals surface area contributed by atoms with Gasteiger partial charge in [-0.15, -0.1) is 0 Å². The molecular formula is C16H18N4O3. The van der Waals surface area contributed by atoms with Crippen molar-refractivity contribution in [3.05, 3.63) is 47.1 Å². The van der Waals surface area contributed by atoms with E-state index >= 15 is 0 Å². The van der Waals surface area contributed by atoms with Gasteiger partial charge >= 0.3 is 0 Å². The van der Waals surface area contributed by atoms with Crippen LogP contribution in [0.25, 0.3) is 0 Å². The summed E-state index contributed by atoms with van der Waals surface area (Å²) in [7, 11) is 0.